The number of aryl methyl sites for hydroxylation is 1. The van der Waals surface area contributed by atoms with E-state index < -0.39 is 17.2 Å². The third-order valence-electron chi connectivity index (χ3n) is 5.66. The largest absolute Gasteiger partial charge is 0.385 e. The second-order valence-electron chi connectivity index (χ2n) is 7.52. The Morgan fingerprint density at radius 2 is 1.73 bits per heavy atom. The molecule has 2 atom stereocenters. The minimum atomic E-state index is -1.30. The number of benzene rings is 2. The molecule has 2 unspecified atom stereocenters. The molecule has 2 aromatic carbocycles. The third-order valence-corrected chi connectivity index (χ3v) is 5.66. The summed E-state index contributed by atoms with van der Waals surface area (Å²) in [6.07, 6.45) is 0.747. The molecule has 2 bridgehead atoms. The van der Waals surface area contributed by atoms with Crippen LogP contribution in [0.4, 0.5) is 8.78 Å². The Morgan fingerprint density at radius 1 is 1.08 bits per heavy atom. The molecule has 138 valence electrons. The molecule has 2 heterocycles. The average Bonchev–Trinajstić information content (AvgIpc) is 2.60. The van der Waals surface area contributed by atoms with E-state index in [-0.39, 0.29) is 17.6 Å². The molecule has 0 saturated carbocycles. The fourth-order valence-electron chi connectivity index (χ4n) is 4.33. The fraction of sp³-hybridized carbons (Fsp3) is 0.429. The molecule has 1 N–H and O–H groups in total. The maximum atomic E-state index is 14.4. The summed E-state index contributed by atoms with van der Waals surface area (Å²) >= 11 is 0. The zero-order chi connectivity index (χ0) is 18.3. The highest BCUT2D eigenvalue weighted by Gasteiger charge is 2.48. The van der Waals surface area contributed by atoms with Crippen LogP contribution in [0.3, 0.4) is 0 Å². The molecular weight excluding hydrogens is 336 g/mol. The molecule has 5 heteroatoms. The number of halogens is 2. The van der Waals surface area contributed by atoms with Crippen LogP contribution >= 0.6 is 0 Å². The number of fused-ring (bicyclic) bond motifs is 2. The van der Waals surface area contributed by atoms with E-state index in [0.29, 0.717) is 31.6 Å². The van der Waals surface area contributed by atoms with E-state index in [4.69, 9.17) is 4.74 Å². The molecule has 0 spiro atoms. The summed E-state index contributed by atoms with van der Waals surface area (Å²) in [5.41, 5.74) is 0.462. The summed E-state index contributed by atoms with van der Waals surface area (Å²) in [7, 11) is 0. The van der Waals surface area contributed by atoms with E-state index in [1.54, 1.807) is 6.92 Å². The van der Waals surface area contributed by atoms with E-state index >= 15 is 0 Å². The van der Waals surface area contributed by atoms with E-state index in [1.807, 2.05) is 18.2 Å². The Hall–Kier alpha value is -1.82. The number of nitrogens with zero attached hydrogens (tertiary/aromatic N) is 1. The van der Waals surface area contributed by atoms with Crippen molar-refractivity contribution in [1.29, 1.82) is 0 Å². The lowest BCUT2D eigenvalue weighted by Crippen LogP contribution is -2.60. The number of hydrogen-bond acceptors (Lipinski definition) is 3. The predicted octanol–water partition coefficient (Wildman–Crippen LogP) is 3.52. The van der Waals surface area contributed by atoms with Gasteiger partial charge in [-0.1, -0.05) is 30.3 Å². The first kappa shape index (κ1) is 17.6. The lowest BCUT2D eigenvalue weighted by Gasteiger charge is -2.52. The summed E-state index contributed by atoms with van der Waals surface area (Å²) in [5.74, 6) is -1.26. The summed E-state index contributed by atoms with van der Waals surface area (Å²) < 4.78 is 33.8. The SMILES string of the molecule is Cc1cc(C2(O)CC3COCC(C2)N3Cc2ccccc2)c(F)cc1F. The van der Waals surface area contributed by atoms with Crippen molar-refractivity contribution in [2.24, 2.45) is 0 Å². The summed E-state index contributed by atoms with van der Waals surface area (Å²) in [6.45, 7) is 3.39. The van der Waals surface area contributed by atoms with E-state index in [2.05, 4.69) is 17.0 Å². The first-order valence-corrected chi connectivity index (χ1v) is 9.02. The molecule has 2 aliphatic rings. The monoisotopic (exact) mass is 359 g/mol. The summed E-state index contributed by atoms with van der Waals surface area (Å²) in [6, 6.07) is 12.5. The molecule has 2 fully saturated rings. The maximum absolute atomic E-state index is 14.4. The van der Waals surface area contributed by atoms with Gasteiger partial charge >= 0.3 is 0 Å². The Bertz CT molecular complexity index is 782. The first-order chi connectivity index (χ1) is 12.5. The van der Waals surface area contributed by atoms with Gasteiger partial charge in [0.2, 0.25) is 0 Å². The molecule has 26 heavy (non-hydrogen) atoms. The van der Waals surface area contributed by atoms with Gasteiger partial charge in [-0.3, -0.25) is 4.90 Å². The minimum absolute atomic E-state index is 0.00235. The highest BCUT2D eigenvalue weighted by Crippen LogP contribution is 2.42. The number of piperidine rings is 1. The van der Waals surface area contributed by atoms with Gasteiger partial charge in [0.15, 0.2) is 0 Å². The van der Waals surface area contributed by atoms with Crippen LogP contribution in [0.5, 0.6) is 0 Å². The molecule has 4 rings (SSSR count). The van der Waals surface area contributed by atoms with Crippen molar-refractivity contribution in [2.45, 2.75) is 44.0 Å². The van der Waals surface area contributed by atoms with Crippen molar-refractivity contribution in [3.05, 3.63) is 70.8 Å². The van der Waals surface area contributed by atoms with Crippen LogP contribution < -0.4 is 0 Å². The second kappa shape index (κ2) is 6.72. The molecule has 0 amide bonds. The molecule has 2 aliphatic heterocycles. The summed E-state index contributed by atoms with van der Waals surface area (Å²) in [4.78, 5) is 2.35. The molecule has 0 radical (unpaired) electrons. The van der Waals surface area contributed by atoms with Gasteiger partial charge in [-0.25, -0.2) is 8.78 Å². The minimum Gasteiger partial charge on any atom is -0.385 e. The van der Waals surface area contributed by atoms with Gasteiger partial charge in [0.1, 0.15) is 11.6 Å². The van der Waals surface area contributed by atoms with Crippen LogP contribution in [0, 0.1) is 18.6 Å². The zero-order valence-electron chi connectivity index (χ0n) is 14.8. The lowest BCUT2D eigenvalue weighted by atomic mass is 9.76. The van der Waals surface area contributed by atoms with Gasteiger partial charge in [0.05, 0.1) is 18.8 Å². The quantitative estimate of drug-likeness (QED) is 0.910. The topological polar surface area (TPSA) is 32.7 Å². The van der Waals surface area contributed by atoms with Crippen molar-refractivity contribution >= 4 is 0 Å². The smallest absolute Gasteiger partial charge is 0.132 e. The van der Waals surface area contributed by atoms with Crippen LogP contribution in [0.15, 0.2) is 42.5 Å². The summed E-state index contributed by atoms with van der Waals surface area (Å²) in [5, 5.41) is 11.3. The highest BCUT2D eigenvalue weighted by molar-refractivity contribution is 5.32. The average molecular weight is 359 g/mol. The maximum Gasteiger partial charge on any atom is 0.132 e. The molecule has 0 aliphatic carbocycles. The Balaban J connectivity index is 1.62. The van der Waals surface area contributed by atoms with Gasteiger partial charge in [-0.15, -0.1) is 0 Å². The predicted molar refractivity (Wildman–Crippen MR) is 94.6 cm³/mol. The molecule has 0 aromatic heterocycles. The van der Waals surface area contributed by atoms with Gasteiger partial charge in [-0.2, -0.15) is 0 Å². The fourth-order valence-corrected chi connectivity index (χ4v) is 4.33. The molecule has 3 nitrogen and oxygen atoms in total. The zero-order valence-corrected chi connectivity index (χ0v) is 14.8. The van der Waals surface area contributed by atoms with Crippen LogP contribution in [0.1, 0.15) is 29.5 Å². The van der Waals surface area contributed by atoms with Crippen LogP contribution in [-0.4, -0.2) is 35.3 Å². The Morgan fingerprint density at radius 3 is 2.38 bits per heavy atom. The van der Waals surface area contributed by atoms with E-state index in [0.717, 1.165) is 12.6 Å². The van der Waals surface area contributed by atoms with Gasteiger partial charge in [0.25, 0.3) is 0 Å². The van der Waals surface area contributed by atoms with Crippen molar-refractivity contribution in [1.82, 2.24) is 4.90 Å². The number of aliphatic hydroxyl groups is 1. The molecule has 2 aromatic rings. The number of hydrogen-bond donors (Lipinski definition) is 1. The highest BCUT2D eigenvalue weighted by atomic mass is 19.1. The van der Waals surface area contributed by atoms with Crippen molar-refractivity contribution < 1.29 is 18.6 Å². The molecule has 2 saturated heterocycles. The van der Waals surface area contributed by atoms with Crippen molar-refractivity contribution in [2.75, 3.05) is 13.2 Å². The van der Waals surface area contributed by atoms with Crippen molar-refractivity contribution in [3.63, 3.8) is 0 Å². The standard InChI is InChI=1S/C21H23F2NO2/c1-14-7-18(20(23)8-19(14)22)21(25)9-16-12-26-13-17(10-21)24(16)11-15-5-3-2-4-6-15/h2-8,16-17,25H,9-13H2,1H3. The van der Waals surface area contributed by atoms with E-state index in [9.17, 15) is 13.9 Å². The number of morpholine rings is 1. The Labute approximate surface area is 152 Å². The normalized spacial score (nSPS) is 28.9. The first-order valence-electron chi connectivity index (χ1n) is 9.02. The van der Waals surface area contributed by atoms with Gasteiger partial charge in [0, 0.05) is 30.3 Å². The lowest BCUT2D eigenvalue weighted by molar-refractivity contribution is -0.150. The van der Waals surface area contributed by atoms with E-state index in [1.165, 1.54) is 11.6 Å². The van der Waals surface area contributed by atoms with Crippen LogP contribution in [-0.2, 0) is 16.9 Å². The second-order valence-corrected chi connectivity index (χ2v) is 7.52. The van der Waals surface area contributed by atoms with Gasteiger partial charge in [-0.05, 0) is 37.0 Å². The third kappa shape index (κ3) is 3.15. The Kier molecular flexibility index (Phi) is 4.55. The number of ether oxygens (including phenoxy) is 1. The van der Waals surface area contributed by atoms with Gasteiger partial charge < -0.3 is 9.84 Å². The molecular formula is C21H23F2NO2. The van der Waals surface area contributed by atoms with Crippen molar-refractivity contribution in [3.8, 4) is 0 Å². The van der Waals surface area contributed by atoms with Crippen LogP contribution in [0.25, 0.3) is 0 Å². The van der Waals surface area contributed by atoms with Crippen LogP contribution in [0.2, 0.25) is 0 Å². The number of rotatable bonds is 3.